The van der Waals surface area contributed by atoms with Crippen molar-refractivity contribution in [3.8, 4) is 11.8 Å². The number of allylic oxidation sites excluding steroid dienone is 1. The van der Waals surface area contributed by atoms with E-state index in [1.807, 2.05) is 25.1 Å². The minimum atomic E-state index is -0.224. The van der Waals surface area contributed by atoms with Gasteiger partial charge in [0.15, 0.2) is 17.1 Å². The van der Waals surface area contributed by atoms with E-state index in [1.54, 1.807) is 36.4 Å². The fourth-order valence-corrected chi connectivity index (χ4v) is 2.35. The number of carbonyl (C=O) groups excluding carboxylic acids is 1. The Morgan fingerprint density at radius 3 is 2.75 bits per heavy atom. The predicted molar refractivity (Wildman–Crippen MR) is 91.9 cm³/mol. The summed E-state index contributed by atoms with van der Waals surface area (Å²) >= 11 is 0. The number of benzene rings is 2. The minimum Gasteiger partial charge on any atom is -0.490 e. The standard InChI is InChI=1S/C20H15NO3/c1-2-23-18-5-3-4-16-12-19(24-20(16)18)17(22)11-10-14-6-8-15(13-21)9-7-14/h3-12H,2H2,1H3/b11-10+. The van der Waals surface area contributed by atoms with Crippen LogP contribution < -0.4 is 4.74 Å². The van der Waals surface area contributed by atoms with Crippen molar-refractivity contribution in [3.05, 3.63) is 71.5 Å². The lowest BCUT2D eigenvalue weighted by molar-refractivity contribution is 0.102. The third kappa shape index (κ3) is 3.21. The van der Waals surface area contributed by atoms with Gasteiger partial charge in [-0.2, -0.15) is 5.26 Å². The highest BCUT2D eigenvalue weighted by Crippen LogP contribution is 2.29. The summed E-state index contributed by atoms with van der Waals surface area (Å²) in [6.07, 6.45) is 3.15. The van der Waals surface area contributed by atoms with Gasteiger partial charge in [0.1, 0.15) is 0 Å². The van der Waals surface area contributed by atoms with Crippen LogP contribution in [0.2, 0.25) is 0 Å². The molecule has 0 spiro atoms. The van der Waals surface area contributed by atoms with Crippen LogP contribution in [-0.2, 0) is 0 Å². The number of hydrogen-bond donors (Lipinski definition) is 0. The van der Waals surface area contributed by atoms with Gasteiger partial charge in [0.25, 0.3) is 0 Å². The van der Waals surface area contributed by atoms with E-state index in [-0.39, 0.29) is 11.5 Å². The van der Waals surface area contributed by atoms with Crippen molar-refractivity contribution in [1.82, 2.24) is 0 Å². The van der Waals surface area contributed by atoms with Crippen LogP contribution in [0, 0.1) is 11.3 Å². The largest absolute Gasteiger partial charge is 0.490 e. The molecular weight excluding hydrogens is 302 g/mol. The Kier molecular flexibility index (Phi) is 4.44. The number of rotatable bonds is 5. The summed E-state index contributed by atoms with van der Waals surface area (Å²) < 4.78 is 11.2. The highest BCUT2D eigenvalue weighted by molar-refractivity contribution is 6.07. The summed E-state index contributed by atoms with van der Waals surface area (Å²) in [6, 6.07) is 16.3. The summed E-state index contributed by atoms with van der Waals surface area (Å²) in [5.74, 6) is 0.671. The summed E-state index contributed by atoms with van der Waals surface area (Å²) in [7, 11) is 0. The Labute approximate surface area is 139 Å². The van der Waals surface area contributed by atoms with Gasteiger partial charge < -0.3 is 9.15 Å². The second-order valence-electron chi connectivity index (χ2n) is 5.15. The monoisotopic (exact) mass is 317 g/mol. The molecule has 0 atom stereocenters. The van der Waals surface area contributed by atoms with E-state index < -0.39 is 0 Å². The van der Waals surface area contributed by atoms with Crippen LogP contribution in [0.5, 0.6) is 5.75 Å². The smallest absolute Gasteiger partial charge is 0.221 e. The SMILES string of the molecule is CCOc1cccc2cc(C(=O)/C=C/c3ccc(C#N)cc3)oc12. The molecule has 1 heterocycles. The highest BCUT2D eigenvalue weighted by Gasteiger charge is 2.12. The van der Waals surface area contributed by atoms with Crippen LogP contribution in [0.1, 0.15) is 28.6 Å². The van der Waals surface area contributed by atoms with Crippen molar-refractivity contribution in [3.63, 3.8) is 0 Å². The van der Waals surface area contributed by atoms with Gasteiger partial charge in [-0.3, -0.25) is 4.79 Å². The lowest BCUT2D eigenvalue weighted by atomic mass is 10.1. The van der Waals surface area contributed by atoms with Gasteiger partial charge >= 0.3 is 0 Å². The average molecular weight is 317 g/mol. The second kappa shape index (κ2) is 6.84. The van der Waals surface area contributed by atoms with Gasteiger partial charge in [0.2, 0.25) is 5.78 Å². The minimum absolute atomic E-state index is 0.224. The number of para-hydroxylation sites is 1. The Morgan fingerprint density at radius 2 is 2.04 bits per heavy atom. The highest BCUT2D eigenvalue weighted by atomic mass is 16.5. The van der Waals surface area contributed by atoms with Crippen molar-refractivity contribution in [2.45, 2.75) is 6.92 Å². The van der Waals surface area contributed by atoms with E-state index in [2.05, 4.69) is 6.07 Å². The van der Waals surface area contributed by atoms with Crippen LogP contribution in [0.25, 0.3) is 17.0 Å². The zero-order valence-corrected chi connectivity index (χ0v) is 13.2. The molecular formula is C20H15NO3. The molecule has 24 heavy (non-hydrogen) atoms. The Hall–Kier alpha value is -3.32. The molecule has 0 radical (unpaired) electrons. The van der Waals surface area contributed by atoms with Crippen LogP contribution in [0.4, 0.5) is 0 Å². The Balaban J connectivity index is 1.84. The molecule has 0 aliphatic heterocycles. The van der Waals surface area contributed by atoms with Gasteiger partial charge in [0, 0.05) is 5.39 Å². The summed E-state index contributed by atoms with van der Waals surface area (Å²) in [4.78, 5) is 12.3. The topological polar surface area (TPSA) is 63.2 Å². The first kappa shape index (κ1) is 15.6. The first-order valence-corrected chi connectivity index (χ1v) is 7.59. The van der Waals surface area contributed by atoms with Crippen molar-refractivity contribution in [2.75, 3.05) is 6.61 Å². The van der Waals surface area contributed by atoms with Crippen LogP contribution in [0.3, 0.4) is 0 Å². The number of furan rings is 1. The maximum Gasteiger partial charge on any atom is 0.221 e. The molecule has 2 aromatic carbocycles. The van der Waals surface area contributed by atoms with Gasteiger partial charge in [0.05, 0.1) is 18.2 Å². The molecule has 0 aliphatic carbocycles. The van der Waals surface area contributed by atoms with Gasteiger partial charge in [-0.1, -0.05) is 30.3 Å². The molecule has 0 saturated heterocycles. The lowest BCUT2D eigenvalue weighted by Crippen LogP contribution is -1.91. The normalized spacial score (nSPS) is 10.8. The summed E-state index contributed by atoms with van der Waals surface area (Å²) in [5, 5.41) is 9.61. The van der Waals surface area contributed by atoms with E-state index in [1.165, 1.54) is 6.08 Å². The molecule has 1 aromatic heterocycles. The predicted octanol–water partition coefficient (Wildman–Crippen LogP) is 4.60. The summed E-state index contributed by atoms with van der Waals surface area (Å²) in [5.41, 5.74) is 2.00. The van der Waals surface area contributed by atoms with E-state index in [0.717, 1.165) is 10.9 Å². The molecule has 3 rings (SSSR count). The third-order valence-electron chi connectivity index (χ3n) is 3.52. The molecule has 0 saturated carbocycles. The Morgan fingerprint density at radius 1 is 1.25 bits per heavy atom. The van der Waals surface area contributed by atoms with Crippen LogP contribution in [0.15, 0.2) is 59.0 Å². The molecule has 3 aromatic rings. The number of fused-ring (bicyclic) bond motifs is 1. The Bertz CT molecular complexity index is 943. The molecule has 4 nitrogen and oxygen atoms in total. The fraction of sp³-hybridized carbons (Fsp3) is 0.100. The van der Waals surface area contributed by atoms with Crippen molar-refractivity contribution in [2.24, 2.45) is 0 Å². The number of nitrogens with zero attached hydrogens (tertiary/aromatic N) is 1. The quantitative estimate of drug-likeness (QED) is 0.509. The number of nitriles is 1. The molecule has 0 N–H and O–H groups in total. The maximum atomic E-state index is 12.3. The van der Waals surface area contributed by atoms with Crippen LogP contribution >= 0.6 is 0 Å². The molecule has 4 heteroatoms. The van der Waals surface area contributed by atoms with Crippen molar-refractivity contribution in [1.29, 1.82) is 5.26 Å². The number of hydrogen-bond acceptors (Lipinski definition) is 4. The fourth-order valence-electron chi connectivity index (χ4n) is 2.35. The van der Waals surface area contributed by atoms with Gasteiger partial charge in [-0.05, 0) is 42.8 Å². The zero-order chi connectivity index (χ0) is 16.9. The van der Waals surface area contributed by atoms with E-state index in [4.69, 9.17) is 14.4 Å². The molecule has 0 fully saturated rings. The number of ketones is 1. The molecule has 118 valence electrons. The lowest BCUT2D eigenvalue weighted by Gasteiger charge is -2.01. The first-order valence-electron chi connectivity index (χ1n) is 7.59. The zero-order valence-electron chi connectivity index (χ0n) is 13.2. The van der Waals surface area contributed by atoms with E-state index in [0.29, 0.717) is 23.5 Å². The first-order chi connectivity index (χ1) is 11.7. The van der Waals surface area contributed by atoms with Gasteiger partial charge in [-0.25, -0.2) is 0 Å². The van der Waals surface area contributed by atoms with E-state index >= 15 is 0 Å². The molecule has 0 aliphatic rings. The van der Waals surface area contributed by atoms with Crippen molar-refractivity contribution >= 4 is 22.8 Å². The van der Waals surface area contributed by atoms with Crippen molar-refractivity contribution < 1.29 is 13.9 Å². The van der Waals surface area contributed by atoms with E-state index in [9.17, 15) is 4.79 Å². The average Bonchev–Trinajstić information content (AvgIpc) is 3.06. The number of ether oxygens (including phenoxy) is 1. The summed E-state index contributed by atoms with van der Waals surface area (Å²) in [6.45, 7) is 2.43. The number of carbonyl (C=O) groups is 1. The maximum absolute atomic E-state index is 12.3. The third-order valence-corrected chi connectivity index (χ3v) is 3.52. The molecule has 0 bridgehead atoms. The second-order valence-corrected chi connectivity index (χ2v) is 5.15. The molecule has 0 unspecified atom stereocenters. The van der Waals surface area contributed by atoms with Crippen LogP contribution in [-0.4, -0.2) is 12.4 Å². The van der Waals surface area contributed by atoms with Gasteiger partial charge in [-0.15, -0.1) is 0 Å². The molecule has 0 amide bonds.